The zero-order valence-electron chi connectivity index (χ0n) is 19.9. The van der Waals surface area contributed by atoms with Crippen molar-refractivity contribution >= 4 is 23.9 Å². The van der Waals surface area contributed by atoms with Crippen molar-refractivity contribution in [2.24, 2.45) is 0 Å². The van der Waals surface area contributed by atoms with Crippen LogP contribution in [-0.4, -0.2) is 44.3 Å². The molecule has 12 heteroatoms. The Bertz CT molecular complexity index is 1680. The van der Waals surface area contributed by atoms with E-state index in [1.807, 2.05) is 0 Å². The average molecular weight is 550 g/mol. The zero-order chi connectivity index (χ0) is 29.1. The number of carboxylic acids is 4. The van der Waals surface area contributed by atoms with Crippen LogP contribution in [0.15, 0.2) is 72.8 Å². The second-order valence-corrected chi connectivity index (χ2v) is 8.02. The van der Waals surface area contributed by atoms with E-state index in [0.29, 0.717) is 5.56 Å². The molecule has 0 spiro atoms. The molecule has 4 aromatic carbocycles. The molecule has 0 aliphatic heterocycles. The Labute approximate surface area is 222 Å². The minimum absolute atomic E-state index is 0.248. The third-order valence-corrected chi connectivity index (χ3v) is 5.60. The van der Waals surface area contributed by atoms with Crippen LogP contribution in [0.5, 0.6) is 23.0 Å². The van der Waals surface area contributed by atoms with Gasteiger partial charge < -0.3 is 29.9 Å². The SMILES string of the molecule is O=C(O)c1ccc(Oc2cccc(-c3ccccc3)c2Oc2ccc(C(=O)O)c(C(=O)O)c2F)c(F)c1C(=O)O. The van der Waals surface area contributed by atoms with Crippen LogP contribution in [0.4, 0.5) is 8.78 Å². The lowest BCUT2D eigenvalue weighted by atomic mass is 10.0. The molecule has 0 bridgehead atoms. The molecule has 10 nitrogen and oxygen atoms in total. The van der Waals surface area contributed by atoms with Gasteiger partial charge in [0.05, 0.1) is 11.1 Å². The molecule has 0 fully saturated rings. The highest BCUT2D eigenvalue weighted by Crippen LogP contribution is 2.44. The van der Waals surface area contributed by atoms with E-state index in [1.54, 1.807) is 30.3 Å². The molecular weight excluding hydrogens is 534 g/mol. The van der Waals surface area contributed by atoms with Crippen LogP contribution in [0.3, 0.4) is 0 Å². The van der Waals surface area contributed by atoms with E-state index in [4.69, 9.17) is 9.47 Å². The summed E-state index contributed by atoms with van der Waals surface area (Å²) in [6.45, 7) is 0. The van der Waals surface area contributed by atoms with Gasteiger partial charge >= 0.3 is 23.9 Å². The molecule has 0 amide bonds. The Morgan fingerprint density at radius 1 is 0.525 bits per heavy atom. The van der Waals surface area contributed by atoms with Crippen molar-refractivity contribution in [2.45, 2.75) is 0 Å². The van der Waals surface area contributed by atoms with E-state index < -0.39 is 69.3 Å². The van der Waals surface area contributed by atoms with Gasteiger partial charge in [-0.15, -0.1) is 0 Å². The van der Waals surface area contributed by atoms with Crippen LogP contribution in [0.1, 0.15) is 41.4 Å². The summed E-state index contributed by atoms with van der Waals surface area (Å²) in [6.07, 6.45) is 0. The van der Waals surface area contributed by atoms with Gasteiger partial charge in [-0.2, -0.15) is 0 Å². The first kappa shape index (κ1) is 27.3. The van der Waals surface area contributed by atoms with Crippen LogP contribution in [0.2, 0.25) is 0 Å². The third-order valence-electron chi connectivity index (χ3n) is 5.60. The lowest BCUT2D eigenvalue weighted by molar-refractivity contribution is 0.0646. The predicted octanol–water partition coefficient (Wildman–Crippen LogP) is 6.01. The van der Waals surface area contributed by atoms with Crippen molar-refractivity contribution in [1.82, 2.24) is 0 Å². The van der Waals surface area contributed by atoms with Crippen LogP contribution in [0.25, 0.3) is 11.1 Å². The van der Waals surface area contributed by atoms with Crippen LogP contribution < -0.4 is 9.47 Å². The molecule has 0 saturated carbocycles. The Balaban J connectivity index is 1.91. The smallest absolute Gasteiger partial charge is 0.339 e. The molecule has 202 valence electrons. The molecule has 4 aromatic rings. The Hall–Kier alpha value is -5.78. The van der Waals surface area contributed by atoms with Crippen molar-refractivity contribution in [2.75, 3.05) is 0 Å². The van der Waals surface area contributed by atoms with Gasteiger partial charge in [0.2, 0.25) is 0 Å². The van der Waals surface area contributed by atoms with E-state index in [0.717, 1.165) is 24.3 Å². The van der Waals surface area contributed by atoms with Crippen LogP contribution >= 0.6 is 0 Å². The van der Waals surface area contributed by atoms with Gasteiger partial charge in [0.15, 0.2) is 34.6 Å². The van der Waals surface area contributed by atoms with Crippen LogP contribution in [0, 0.1) is 11.6 Å². The van der Waals surface area contributed by atoms with Gasteiger partial charge in [0.25, 0.3) is 0 Å². The normalized spacial score (nSPS) is 10.6. The van der Waals surface area contributed by atoms with Gasteiger partial charge in [-0.05, 0) is 35.9 Å². The first-order valence-corrected chi connectivity index (χ1v) is 11.1. The summed E-state index contributed by atoms with van der Waals surface area (Å²) in [5, 5.41) is 37.3. The molecule has 40 heavy (non-hydrogen) atoms. The fourth-order valence-electron chi connectivity index (χ4n) is 3.82. The van der Waals surface area contributed by atoms with Gasteiger partial charge in [0, 0.05) is 5.56 Å². The molecule has 0 heterocycles. The average Bonchev–Trinajstić information content (AvgIpc) is 2.91. The van der Waals surface area contributed by atoms with Crippen molar-refractivity contribution in [1.29, 1.82) is 0 Å². The molecule has 0 aliphatic carbocycles. The quantitative estimate of drug-likeness (QED) is 0.194. The molecule has 0 radical (unpaired) electrons. The molecule has 0 unspecified atom stereocenters. The highest BCUT2D eigenvalue weighted by molar-refractivity contribution is 6.03. The second kappa shape index (κ2) is 10.9. The topological polar surface area (TPSA) is 168 Å². The molecule has 0 aromatic heterocycles. The highest BCUT2D eigenvalue weighted by atomic mass is 19.1. The Morgan fingerprint density at radius 3 is 1.50 bits per heavy atom. The van der Waals surface area contributed by atoms with E-state index in [-0.39, 0.29) is 17.1 Å². The standard InChI is InChI=1S/C28H16F2O10/c29-22-17(11-9-15(25(31)32)20(22)27(35)36)39-19-8-4-7-14(13-5-2-1-3-6-13)24(19)40-18-12-10-16(26(33)34)21(23(18)30)28(37)38/h1-12H,(H,31,32)(H,33,34)(H,35,36)(H,37,38). The first-order chi connectivity index (χ1) is 19.0. The number of hydrogen-bond donors (Lipinski definition) is 4. The maximum absolute atomic E-state index is 15.3. The number of carbonyl (C=O) groups is 4. The Kier molecular flexibility index (Phi) is 7.44. The monoisotopic (exact) mass is 550 g/mol. The molecule has 0 aliphatic rings. The maximum Gasteiger partial charge on any atom is 0.339 e. The predicted molar refractivity (Wildman–Crippen MR) is 133 cm³/mol. The van der Waals surface area contributed by atoms with Gasteiger partial charge in [-0.25, -0.2) is 28.0 Å². The van der Waals surface area contributed by atoms with Crippen molar-refractivity contribution < 1.29 is 57.9 Å². The zero-order valence-corrected chi connectivity index (χ0v) is 19.9. The number of para-hydroxylation sites is 1. The number of halogens is 2. The largest absolute Gasteiger partial charge is 0.478 e. The van der Waals surface area contributed by atoms with E-state index in [1.165, 1.54) is 18.2 Å². The summed E-state index contributed by atoms with van der Waals surface area (Å²) >= 11 is 0. The summed E-state index contributed by atoms with van der Waals surface area (Å²) in [7, 11) is 0. The number of benzene rings is 4. The van der Waals surface area contributed by atoms with Gasteiger partial charge in [-0.1, -0.05) is 42.5 Å². The second-order valence-electron chi connectivity index (χ2n) is 8.02. The number of ether oxygens (including phenoxy) is 2. The summed E-state index contributed by atoms with van der Waals surface area (Å²) in [6, 6.07) is 16.0. The highest BCUT2D eigenvalue weighted by Gasteiger charge is 2.28. The molecule has 4 N–H and O–H groups in total. The van der Waals surface area contributed by atoms with E-state index in [9.17, 15) is 39.6 Å². The summed E-state index contributed by atoms with van der Waals surface area (Å²) in [5.41, 5.74) is -3.23. The lowest BCUT2D eigenvalue weighted by Gasteiger charge is -2.18. The summed E-state index contributed by atoms with van der Waals surface area (Å²) < 4.78 is 41.7. The summed E-state index contributed by atoms with van der Waals surface area (Å²) in [4.78, 5) is 46.0. The number of aromatic carboxylic acids is 4. The summed E-state index contributed by atoms with van der Waals surface area (Å²) in [5.74, 6) is -12.1. The van der Waals surface area contributed by atoms with E-state index >= 15 is 8.78 Å². The fraction of sp³-hybridized carbons (Fsp3) is 0. The first-order valence-electron chi connectivity index (χ1n) is 11.1. The maximum atomic E-state index is 15.3. The minimum atomic E-state index is -1.87. The van der Waals surface area contributed by atoms with Crippen molar-refractivity contribution in [3.05, 3.63) is 107 Å². The molecular formula is C28H16F2O10. The number of hydrogen-bond acceptors (Lipinski definition) is 6. The van der Waals surface area contributed by atoms with Crippen molar-refractivity contribution in [3.63, 3.8) is 0 Å². The molecule has 0 atom stereocenters. The van der Waals surface area contributed by atoms with Gasteiger partial charge in [0.1, 0.15) is 11.1 Å². The van der Waals surface area contributed by atoms with Crippen molar-refractivity contribution in [3.8, 4) is 34.1 Å². The molecule has 0 saturated heterocycles. The van der Waals surface area contributed by atoms with Crippen LogP contribution in [-0.2, 0) is 0 Å². The Morgan fingerprint density at radius 2 is 1.02 bits per heavy atom. The number of carboxylic acid groups (broad SMARTS) is 4. The minimum Gasteiger partial charge on any atom is -0.478 e. The fourth-order valence-corrected chi connectivity index (χ4v) is 3.82. The van der Waals surface area contributed by atoms with Gasteiger partial charge in [-0.3, -0.25) is 0 Å². The number of rotatable bonds is 9. The molecule has 4 rings (SSSR count). The lowest BCUT2D eigenvalue weighted by Crippen LogP contribution is -2.12. The third kappa shape index (κ3) is 5.13. The van der Waals surface area contributed by atoms with E-state index in [2.05, 4.69) is 0 Å².